The van der Waals surface area contributed by atoms with Gasteiger partial charge in [0, 0.05) is 25.7 Å². The summed E-state index contributed by atoms with van der Waals surface area (Å²) >= 11 is 0. The molecular weight excluding hydrogens is 318 g/mol. The first kappa shape index (κ1) is 20.0. The molecule has 0 bridgehead atoms. The second-order valence-corrected chi connectivity index (χ2v) is 7.95. The molecule has 0 aromatic heterocycles. The third-order valence-electron chi connectivity index (χ3n) is 6.27. The summed E-state index contributed by atoms with van der Waals surface area (Å²) in [7, 11) is 1.86. The average Bonchev–Trinajstić information content (AvgIpc) is 2.86. The van der Waals surface area contributed by atoms with Crippen LogP contribution in [0.5, 0.6) is 0 Å². The van der Waals surface area contributed by atoms with Gasteiger partial charge in [-0.25, -0.2) is 4.79 Å². The zero-order chi connectivity index (χ0) is 18.3. The van der Waals surface area contributed by atoms with Gasteiger partial charge in [0.1, 0.15) is 0 Å². The molecule has 1 unspecified atom stereocenters. The first-order valence-corrected chi connectivity index (χ1v) is 9.90. The molecule has 6 nitrogen and oxygen atoms in total. The highest BCUT2D eigenvalue weighted by molar-refractivity contribution is 5.74. The number of aliphatic carboxylic acids is 1. The van der Waals surface area contributed by atoms with E-state index in [-0.39, 0.29) is 18.6 Å². The average molecular weight is 354 g/mol. The van der Waals surface area contributed by atoms with Crippen molar-refractivity contribution in [2.75, 3.05) is 33.2 Å². The number of likely N-dealkylation sites (tertiary alicyclic amines) is 1. The molecule has 144 valence electrons. The molecule has 2 fully saturated rings. The number of nitrogens with one attached hydrogen (secondary N) is 1. The third kappa shape index (κ3) is 5.87. The number of amides is 2. The number of urea groups is 1. The van der Waals surface area contributed by atoms with Crippen molar-refractivity contribution in [2.45, 2.75) is 70.8 Å². The highest BCUT2D eigenvalue weighted by Gasteiger charge is 2.31. The van der Waals surface area contributed by atoms with Gasteiger partial charge in [-0.2, -0.15) is 0 Å². The number of hydrogen-bond donors (Lipinski definition) is 2. The summed E-state index contributed by atoms with van der Waals surface area (Å²) in [5.41, 5.74) is 0.296. The summed E-state index contributed by atoms with van der Waals surface area (Å²) < 4.78 is 0. The normalized spacial score (nSPS) is 24.0. The Balaban J connectivity index is 1.81. The SMILES string of the molecule is CCC1(CNC(=O)N2CCCC(N(C)CC(=O)O)CC2)CCCCC1. The van der Waals surface area contributed by atoms with Gasteiger partial charge < -0.3 is 15.3 Å². The lowest BCUT2D eigenvalue weighted by molar-refractivity contribution is -0.138. The number of nitrogens with zero attached hydrogens (tertiary/aromatic N) is 2. The Kier molecular flexibility index (Phi) is 7.54. The second-order valence-electron chi connectivity index (χ2n) is 7.95. The molecule has 1 aliphatic carbocycles. The fourth-order valence-electron chi connectivity index (χ4n) is 4.40. The van der Waals surface area contributed by atoms with Gasteiger partial charge >= 0.3 is 12.0 Å². The summed E-state index contributed by atoms with van der Waals surface area (Å²) in [4.78, 5) is 27.3. The van der Waals surface area contributed by atoms with Gasteiger partial charge in [-0.3, -0.25) is 9.69 Å². The zero-order valence-corrected chi connectivity index (χ0v) is 15.9. The predicted molar refractivity (Wildman–Crippen MR) is 98.7 cm³/mol. The van der Waals surface area contributed by atoms with Gasteiger partial charge in [-0.05, 0) is 51.0 Å². The highest BCUT2D eigenvalue weighted by Crippen LogP contribution is 2.38. The van der Waals surface area contributed by atoms with Crippen molar-refractivity contribution in [2.24, 2.45) is 5.41 Å². The first-order valence-electron chi connectivity index (χ1n) is 9.90. The lowest BCUT2D eigenvalue weighted by Gasteiger charge is -2.37. The van der Waals surface area contributed by atoms with E-state index in [1.54, 1.807) is 0 Å². The molecule has 2 N–H and O–H groups in total. The number of rotatable bonds is 6. The van der Waals surface area contributed by atoms with Crippen LogP contribution in [0.15, 0.2) is 0 Å². The van der Waals surface area contributed by atoms with Crippen molar-refractivity contribution in [3.05, 3.63) is 0 Å². The van der Waals surface area contributed by atoms with Gasteiger partial charge in [-0.1, -0.05) is 26.2 Å². The summed E-state index contributed by atoms with van der Waals surface area (Å²) in [6, 6.07) is 0.300. The lowest BCUT2D eigenvalue weighted by atomic mass is 9.72. The summed E-state index contributed by atoms with van der Waals surface area (Å²) in [5, 5.41) is 12.1. The van der Waals surface area contributed by atoms with Gasteiger partial charge in [0.15, 0.2) is 0 Å². The second kappa shape index (κ2) is 9.41. The highest BCUT2D eigenvalue weighted by atomic mass is 16.4. The number of likely N-dealkylation sites (N-methyl/N-ethyl adjacent to an activating group) is 1. The number of carbonyl (C=O) groups is 2. The van der Waals surface area contributed by atoms with Gasteiger partial charge in [0.25, 0.3) is 0 Å². The van der Waals surface area contributed by atoms with E-state index in [0.29, 0.717) is 12.0 Å². The molecule has 0 spiro atoms. The molecule has 0 aromatic carbocycles. The molecule has 0 aromatic rings. The van der Waals surface area contributed by atoms with Crippen molar-refractivity contribution in [3.63, 3.8) is 0 Å². The molecule has 1 atom stereocenters. The van der Waals surface area contributed by atoms with Gasteiger partial charge in [-0.15, -0.1) is 0 Å². The van der Waals surface area contributed by atoms with Crippen molar-refractivity contribution in [1.82, 2.24) is 15.1 Å². The predicted octanol–water partition coefficient (Wildman–Crippen LogP) is 2.93. The molecule has 1 saturated heterocycles. The Labute approximate surface area is 151 Å². The molecule has 1 heterocycles. The standard InChI is InChI=1S/C19H35N3O3/c1-3-19(10-5-4-6-11-19)15-20-18(25)22-12-7-8-16(9-13-22)21(2)14-17(23)24/h16H,3-15H2,1-2H3,(H,20,25)(H,23,24). The molecule has 2 amide bonds. The van der Waals surface area contributed by atoms with E-state index < -0.39 is 5.97 Å². The van der Waals surface area contributed by atoms with Crippen molar-refractivity contribution < 1.29 is 14.7 Å². The maximum atomic E-state index is 12.6. The number of carbonyl (C=O) groups excluding carboxylic acids is 1. The fraction of sp³-hybridized carbons (Fsp3) is 0.895. The fourth-order valence-corrected chi connectivity index (χ4v) is 4.40. The maximum absolute atomic E-state index is 12.6. The van der Waals surface area contributed by atoms with Crippen molar-refractivity contribution >= 4 is 12.0 Å². The smallest absolute Gasteiger partial charge is 0.317 e. The Morgan fingerprint density at radius 2 is 1.88 bits per heavy atom. The molecule has 1 saturated carbocycles. The van der Waals surface area contributed by atoms with Crippen LogP contribution in [0.25, 0.3) is 0 Å². The maximum Gasteiger partial charge on any atom is 0.317 e. The topological polar surface area (TPSA) is 72.9 Å². The zero-order valence-electron chi connectivity index (χ0n) is 15.9. The third-order valence-corrected chi connectivity index (χ3v) is 6.27. The summed E-state index contributed by atoms with van der Waals surface area (Å²) in [6.07, 6.45) is 10.2. The Hall–Kier alpha value is -1.30. The van der Waals surface area contributed by atoms with E-state index in [4.69, 9.17) is 5.11 Å². The molecule has 2 aliphatic rings. The molecule has 2 rings (SSSR count). The molecule has 0 radical (unpaired) electrons. The van der Waals surface area contributed by atoms with Crippen LogP contribution in [0.4, 0.5) is 4.79 Å². The van der Waals surface area contributed by atoms with E-state index >= 15 is 0 Å². The van der Waals surface area contributed by atoms with E-state index in [9.17, 15) is 9.59 Å². The van der Waals surface area contributed by atoms with Crippen LogP contribution in [0.3, 0.4) is 0 Å². The molecule has 1 aliphatic heterocycles. The van der Waals surface area contributed by atoms with Crippen LogP contribution < -0.4 is 5.32 Å². The molecule has 25 heavy (non-hydrogen) atoms. The van der Waals surface area contributed by atoms with E-state index in [2.05, 4.69) is 12.2 Å². The van der Waals surface area contributed by atoms with E-state index in [0.717, 1.165) is 38.8 Å². The summed E-state index contributed by atoms with van der Waals surface area (Å²) in [6.45, 7) is 4.57. The van der Waals surface area contributed by atoms with Gasteiger partial charge in [0.05, 0.1) is 6.54 Å². The van der Waals surface area contributed by atoms with Crippen molar-refractivity contribution in [1.29, 1.82) is 0 Å². The minimum atomic E-state index is -0.793. The van der Waals surface area contributed by atoms with Crippen LogP contribution in [0.1, 0.15) is 64.7 Å². The Morgan fingerprint density at radius 1 is 1.16 bits per heavy atom. The van der Waals surface area contributed by atoms with Crippen LogP contribution in [0.2, 0.25) is 0 Å². The molecular formula is C19H35N3O3. The minimum Gasteiger partial charge on any atom is -0.480 e. The minimum absolute atomic E-state index is 0.0555. The van der Waals surface area contributed by atoms with Crippen molar-refractivity contribution in [3.8, 4) is 0 Å². The monoisotopic (exact) mass is 353 g/mol. The van der Waals surface area contributed by atoms with E-state index in [1.807, 2.05) is 16.8 Å². The quantitative estimate of drug-likeness (QED) is 0.770. The van der Waals surface area contributed by atoms with E-state index in [1.165, 1.54) is 32.1 Å². The Morgan fingerprint density at radius 3 is 2.52 bits per heavy atom. The van der Waals surface area contributed by atoms with Crippen LogP contribution >= 0.6 is 0 Å². The van der Waals surface area contributed by atoms with Crippen LogP contribution in [-0.4, -0.2) is 66.2 Å². The van der Waals surface area contributed by atoms with Crippen LogP contribution in [-0.2, 0) is 4.79 Å². The first-order chi connectivity index (χ1) is 12.0. The number of hydrogen-bond acceptors (Lipinski definition) is 3. The van der Waals surface area contributed by atoms with Gasteiger partial charge in [0.2, 0.25) is 0 Å². The number of carboxylic acids is 1. The lowest BCUT2D eigenvalue weighted by Crippen LogP contribution is -2.46. The largest absolute Gasteiger partial charge is 0.480 e. The van der Waals surface area contributed by atoms with Crippen LogP contribution in [0, 0.1) is 5.41 Å². The Bertz CT molecular complexity index is 449. The summed E-state index contributed by atoms with van der Waals surface area (Å²) in [5.74, 6) is -0.793. The molecule has 6 heteroatoms. The number of carboxylic acid groups (broad SMARTS) is 1.